The number of carbonyl (C=O) groups excluding carboxylic acids is 3. The summed E-state index contributed by atoms with van der Waals surface area (Å²) in [5.41, 5.74) is -0.133. The lowest BCUT2D eigenvalue weighted by molar-refractivity contribution is -0.133. The minimum Gasteiger partial charge on any atom is -0.382 e. The van der Waals surface area contributed by atoms with Crippen LogP contribution >= 0.6 is 0 Å². The van der Waals surface area contributed by atoms with Crippen LogP contribution in [0.15, 0.2) is 41.3 Å². The fourth-order valence-corrected chi connectivity index (χ4v) is 3.44. The smallest absolute Gasteiger partial charge is 0.264 e. The van der Waals surface area contributed by atoms with Gasteiger partial charge in [0.2, 0.25) is 0 Å². The molecule has 0 amide bonds. The summed E-state index contributed by atoms with van der Waals surface area (Å²) in [7, 11) is 1.56. The predicted octanol–water partition coefficient (Wildman–Crippen LogP) is 1.69. The van der Waals surface area contributed by atoms with Gasteiger partial charge in [-0.2, -0.15) is 0 Å². The zero-order valence-electron chi connectivity index (χ0n) is 16.8. The summed E-state index contributed by atoms with van der Waals surface area (Å²) in [4.78, 5) is 54.8. The monoisotopic (exact) mass is 412 g/mol. The van der Waals surface area contributed by atoms with Crippen molar-refractivity contribution in [1.82, 2.24) is 9.55 Å². The van der Waals surface area contributed by atoms with Crippen molar-refractivity contribution >= 4 is 17.3 Å². The van der Waals surface area contributed by atoms with Gasteiger partial charge in [0.15, 0.2) is 17.3 Å². The van der Waals surface area contributed by atoms with Gasteiger partial charge in [-0.15, -0.1) is 0 Å². The number of nitrogens with zero attached hydrogens (tertiary/aromatic N) is 2. The van der Waals surface area contributed by atoms with E-state index in [1.807, 2.05) is 18.2 Å². The molecule has 0 radical (unpaired) electrons. The van der Waals surface area contributed by atoms with Crippen molar-refractivity contribution in [3.8, 4) is 11.4 Å². The normalized spacial score (nSPS) is 14.8. The second-order valence-electron chi connectivity index (χ2n) is 7.01. The Bertz CT molecular complexity index is 967. The average molecular weight is 412 g/mol. The zero-order valence-corrected chi connectivity index (χ0v) is 16.8. The second kappa shape index (κ2) is 10.2. The van der Waals surface area contributed by atoms with E-state index in [1.54, 1.807) is 19.2 Å². The van der Waals surface area contributed by atoms with Crippen LogP contribution in [0.5, 0.6) is 0 Å². The first-order valence-corrected chi connectivity index (χ1v) is 9.86. The Morgan fingerprint density at radius 3 is 2.43 bits per heavy atom. The molecule has 1 saturated carbocycles. The van der Waals surface area contributed by atoms with Crippen LogP contribution < -0.4 is 5.56 Å². The quantitative estimate of drug-likeness (QED) is 0.351. The van der Waals surface area contributed by atoms with Crippen molar-refractivity contribution in [3.05, 3.63) is 52.4 Å². The standard InChI is InChI=1S/C22H24N2O6/c1-29-12-13-30-11-10-24-21(15-6-3-2-4-7-15)23-14-16(22(24)28)20(27)19-17(25)8-5-9-18(19)26/h2-4,6-7,14,19H,5,8-13H2,1H3. The first-order chi connectivity index (χ1) is 14.5. The molecule has 1 aromatic carbocycles. The van der Waals surface area contributed by atoms with Crippen molar-refractivity contribution in [2.45, 2.75) is 25.8 Å². The fourth-order valence-electron chi connectivity index (χ4n) is 3.44. The Labute approximate surface area is 173 Å². The molecular formula is C22H24N2O6. The Balaban J connectivity index is 1.96. The molecule has 8 heteroatoms. The third kappa shape index (κ3) is 4.77. The summed E-state index contributed by atoms with van der Waals surface area (Å²) >= 11 is 0. The highest BCUT2D eigenvalue weighted by atomic mass is 16.5. The van der Waals surface area contributed by atoms with Gasteiger partial charge in [-0.3, -0.25) is 23.7 Å². The van der Waals surface area contributed by atoms with Crippen LogP contribution in [0.2, 0.25) is 0 Å². The maximum absolute atomic E-state index is 13.2. The summed E-state index contributed by atoms with van der Waals surface area (Å²) in [5, 5.41) is 0. The Morgan fingerprint density at radius 1 is 1.07 bits per heavy atom. The largest absolute Gasteiger partial charge is 0.382 e. The molecule has 0 bridgehead atoms. The molecule has 1 aliphatic carbocycles. The minimum atomic E-state index is -1.40. The molecule has 1 aromatic heterocycles. The van der Waals surface area contributed by atoms with Crippen molar-refractivity contribution < 1.29 is 23.9 Å². The predicted molar refractivity (Wildman–Crippen MR) is 108 cm³/mol. The molecule has 1 fully saturated rings. The number of hydrogen-bond acceptors (Lipinski definition) is 7. The van der Waals surface area contributed by atoms with Crippen LogP contribution in [0.3, 0.4) is 0 Å². The van der Waals surface area contributed by atoms with Gasteiger partial charge in [0, 0.05) is 31.7 Å². The maximum atomic E-state index is 13.2. The topological polar surface area (TPSA) is 105 Å². The van der Waals surface area contributed by atoms with Gasteiger partial charge >= 0.3 is 0 Å². The van der Waals surface area contributed by atoms with Gasteiger partial charge in [-0.25, -0.2) is 4.98 Å². The Hall–Kier alpha value is -2.97. The lowest BCUT2D eigenvalue weighted by Crippen LogP contribution is -2.39. The van der Waals surface area contributed by atoms with Crippen LogP contribution in [0, 0.1) is 5.92 Å². The molecule has 30 heavy (non-hydrogen) atoms. The number of benzene rings is 1. The SMILES string of the molecule is COCCOCCn1c(-c2ccccc2)ncc(C(=O)C2C(=O)CCCC2=O)c1=O. The number of rotatable bonds is 9. The summed E-state index contributed by atoms with van der Waals surface area (Å²) in [6.45, 7) is 1.16. The third-order valence-corrected chi connectivity index (χ3v) is 4.99. The van der Waals surface area contributed by atoms with E-state index in [2.05, 4.69) is 4.98 Å². The number of ketones is 3. The van der Waals surface area contributed by atoms with Crippen LogP contribution in [0.1, 0.15) is 29.6 Å². The molecule has 1 aliphatic rings. The van der Waals surface area contributed by atoms with Crippen molar-refractivity contribution in [2.24, 2.45) is 5.92 Å². The number of aromatic nitrogens is 2. The van der Waals surface area contributed by atoms with Crippen LogP contribution in [-0.2, 0) is 25.6 Å². The van der Waals surface area contributed by atoms with Crippen LogP contribution in [-0.4, -0.2) is 53.8 Å². The summed E-state index contributed by atoms with van der Waals surface area (Å²) in [6, 6.07) is 9.09. The fraction of sp³-hybridized carbons (Fsp3) is 0.409. The molecule has 2 aromatic rings. The average Bonchev–Trinajstić information content (AvgIpc) is 2.74. The highest BCUT2D eigenvalue weighted by molar-refractivity contribution is 6.24. The van der Waals surface area contributed by atoms with E-state index in [1.165, 1.54) is 10.8 Å². The molecule has 158 valence electrons. The maximum Gasteiger partial charge on any atom is 0.264 e. The van der Waals surface area contributed by atoms with E-state index in [0.717, 1.165) is 0 Å². The van der Waals surface area contributed by atoms with Gasteiger partial charge in [0.05, 0.1) is 26.4 Å². The van der Waals surface area contributed by atoms with Gasteiger partial charge in [-0.1, -0.05) is 30.3 Å². The molecule has 3 rings (SSSR count). The summed E-state index contributed by atoms with van der Waals surface area (Å²) < 4.78 is 11.8. The van der Waals surface area contributed by atoms with E-state index in [4.69, 9.17) is 9.47 Å². The van der Waals surface area contributed by atoms with Crippen molar-refractivity contribution in [2.75, 3.05) is 26.9 Å². The van der Waals surface area contributed by atoms with Crippen molar-refractivity contribution in [3.63, 3.8) is 0 Å². The number of ether oxygens (including phenoxy) is 2. The Morgan fingerprint density at radius 2 is 1.77 bits per heavy atom. The molecule has 0 aliphatic heterocycles. The zero-order chi connectivity index (χ0) is 21.5. The molecule has 0 unspecified atom stereocenters. The van der Waals surface area contributed by atoms with E-state index in [0.29, 0.717) is 31.0 Å². The molecule has 1 heterocycles. The lowest BCUT2D eigenvalue weighted by atomic mass is 9.82. The van der Waals surface area contributed by atoms with Crippen molar-refractivity contribution in [1.29, 1.82) is 0 Å². The minimum absolute atomic E-state index is 0.160. The molecular weight excluding hydrogens is 388 g/mol. The van der Waals surface area contributed by atoms with Gasteiger partial charge in [0.1, 0.15) is 17.3 Å². The van der Waals surface area contributed by atoms with Gasteiger partial charge in [-0.05, 0) is 6.42 Å². The number of Topliss-reactive ketones (excluding diaryl/α,β-unsaturated/α-hetero) is 3. The molecule has 0 atom stereocenters. The number of hydrogen-bond donors (Lipinski definition) is 0. The van der Waals surface area contributed by atoms with Gasteiger partial charge in [0.25, 0.3) is 5.56 Å². The van der Waals surface area contributed by atoms with Crippen LogP contribution in [0.4, 0.5) is 0 Å². The molecule has 0 spiro atoms. The first-order valence-electron chi connectivity index (χ1n) is 9.86. The van der Waals surface area contributed by atoms with E-state index in [-0.39, 0.29) is 31.6 Å². The van der Waals surface area contributed by atoms with E-state index in [9.17, 15) is 19.2 Å². The highest BCUT2D eigenvalue weighted by Crippen LogP contribution is 2.21. The third-order valence-electron chi connectivity index (χ3n) is 4.99. The first kappa shape index (κ1) is 21.7. The Kier molecular flexibility index (Phi) is 7.37. The number of methoxy groups -OCH3 is 1. The summed E-state index contributed by atoms with van der Waals surface area (Å²) in [6.07, 6.45) is 1.94. The molecule has 0 saturated heterocycles. The summed E-state index contributed by atoms with van der Waals surface area (Å²) in [5.74, 6) is -2.65. The molecule has 0 N–H and O–H groups in total. The lowest BCUT2D eigenvalue weighted by Gasteiger charge is -2.19. The second-order valence-corrected chi connectivity index (χ2v) is 7.01. The van der Waals surface area contributed by atoms with Crippen LogP contribution in [0.25, 0.3) is 11.4 Å². The molecule has 8 nitrogen and oxygen atoms in total. The van der Waals surface area contributed by atoms with E-state index >= 15 is 0 Å². The number of carbonyl (C=O) groups is 3. The van der Waals surface area contributed by atoms with E-state index < -0.39 is 28.8 Å². The van der Waals surface area contributed by atoms with Gasteiger partial charge < -0.3 is 9.47 Å². The highest BCUT2D eigenvalue weighted by Gasteiger charge is 2.38.